The second-order valence-electron chi connectivity index (χ2n) is 7.27. The van der Waals surface area contributed by atoms with E-state index in [0.717, 1.165) is 23.5 Å². The molecule has 0 bridgehead atoms. The molecule has 1 aliphatic carbocycles. The number of thioether (sulfide) groups is 1. The molecule has 0 spiro atoms. The van der Waals surface area contributed by atoms with Gasteiger partial charge in [0.05, 0.1) is 5.41 Å². The van der Waals surface area contributed by atoms with Crippen LogP contribution in [-0.4, -0.2) is 18.2 Å². The van der Waals surface area contributed by atoms with Gasteiger partial charge >= 0.3 is 0 Å². The smallest absolute Gasteiger partial charge is 0.231 e. The van der Waals surface area contributed by atoms with Gasteiger partial charge in [-0.25, -0.2) is 4.39 Å². The molecule has 0 saturated heterocycles. The van der Waals surface area contributed by atoms with Gasteiger partial charge in [-0.1, -0.05) is 56.3 Å². The third kappa shape index (κ3) is 3.74. The van der Waals surface area contributed by atoms with Gasteiger partial charge in [-0.3, -0.25) is 4.79 Å². The minimum atomic E-state index is -0.523. The summed E-state index contributed by atoms with van der Waals surface area (Å²) in [5.74, 6) is 1.62. The molecule has 2 nitrogen and oxygen atoms in total. The van der Waals surface area contributed by atoms with Crippen molar-refractivity contribution in [1.82, 2.24) is 5.32 Å². The Morgan fingerprint density at radius 1 is 1.12 bits per heavy atom. The van der Waals surface area contributed by atoms with E-state index >= 15 is 0 Å². The molecule has 0 heterocycles. The van der Waals surface area contributed by atoms with Crippen LogP contribution < -0.4 is 5.32 Å². The Labute approximate surface area is 153 Å². The monoisotopic (exact) mass is 357 g/mol. The summed E-state index contributed by atoms with van der Waals surface area (Å²) in [6.45, 7) is 4.84. The van der Waals surface area contributed by atoms with Crippen molar-refractivity contribution in [2.24, 2.45) is 5.41 Å². The number of rotatable bonds is 7. The van der Waals surface area contributed by atoms with Gasteiger partial charge in [-0.15, -0.1) is 0 Å². The highest BCUT2D eigenvalue weighted by Gasteiger charge is 2.66. The van der Waals surface area contributed by atoms with Crippen LogP contribution in [-0.2, 0) is 16.0 Å². The number of carbonyl (C=O) groups is 1. The minimum Gasteiger partial charge on any atom is -0.354 e. The van der Waals surface area contributed by atoms with Crippen molar-refractivity contribution in [3.63, 3.8) is 0 Å². The number of nitrogens with one attached hydrogen (secondary N) is 1. The maximum Gasteiger partial charge on any atom is 0.231 e. The van der Waals surface area contributed by atoms with E-state index in [-0.39, 0.29) is 17.1 Å². The van der Waals surface area contributed by atoms with Crippen molar-refractivity contribution in [2.75, 3.05) is 12.3 Å². The van der Waals surface area contributed by atoms with E-state index in [1.54, 1.807) is 12.1 Å². The van der Waals surface area contributed by atoms with Gasteiger partial charge in [0, 0.05) is 18.1 Å². The highest BCUT2D eigenvalue weighted by atomic mass is 32.2. The molecule has 0 radical (unpaired) electrons. The SMILES string of the molecule is CC1(C)C[C@@]1(C(=O)NCCSCc1ccccc1)c1ccc(F)cc1. The summed E-state index contributed by atoms with van der Waals surface area (Å²) in [6.07, 6.45) is 0.800. The molecule has 1 aliphatic rings. The van der Waals surface area contributed by atoms with Crippen molar-refractivity contribution < 1.29 is 9.18 Å². The molecule has 4 heteroatoms. The van der Waals surface area contributed by atoms with E-state index in [0.29, 0.717) is 6.54 Å². The number of amides is 1. The van der Waals surface area contributed by atoms with E-state index in [1.165, 1.54) is 17.7 Å². The van der Waals surface area contributed by atoms with E-state index in [9.17, 15) is 9.18 Å². The Balaban J connectivity index is 1.53. The fraction of sp³-hybridized carbons (Fsp3) is 0.381. The lowest BCUT2D eigenvalue weighted by Crippen LogP contribution is -2.38. The first-order valence-corrected chi connectivity index (χ1v) is 9.77. The Morgan fingerprint density at radius 3 is 2.36 bits per heavy atom. The van der Waals surface area contributed by atoms with Crippen molar-refractivity contribution in [2.45, 2.75) is 31.4 Å². The first-order valence-electron chi connectivity index (χ1n) is 8.62. The van der Waals surface area contributed by atoms with Gasteiger partial charge in [-0.2, -0.15) is 11.8 Å². The van der Waals surface area contributed by atoms with Crippen LogP contribution in [0.15, 0.2) is 54.6 Å². The van der Waals surface area contributed by atoms with Crippen molar-refractivity contribution in [1.29, 1.82) is 0 Å². The molecule has 0 unspecified atom stereocenters. The van der Waals surface area contributed by atoms with Crippen LogP contribution >= 0.6 is 11.8 Å². The third-order valence-electron chi connectivity index (χ3n) is 5.11. The van der Waals surface area contributed by atoms with Gasteiger partial charge in [0.25, 0.3) is 0 Å². The topological polar surface area (TPSA) is 29.1 Å². The molecule has 0 aromatic heterocycles. The van der Waals surface area contributed by atoms with Crippen LogP contribution in [0, 0.1) is 11.2 Å². The largest absolute Gasteiger partial charge is 0.354 e. The highest BCUT2D eigenvalue weighted by Crippen LogP contribution is 2.64. The quantitative estimate of drug-likeness (QED) is 0.737. The summed E-state index contributed by atoms with van der Waals surface area (Å²) in [6, 6.07) is 16.7. The minimum absolute atomic E-state index is 0.0596. The first kappa shape index (κ1) is 18.0. The Kier molecular flexibility index (Phi) is 5.19. The van der Waals surface area contributed by atoms with Crippen LogP contribution in [0.5, 0.6) is 0 Å². The molecule has 1 N–H and O–H groups in total. The molecular formula is C21H24FNOS. The van der Waals surface area contributed by atoms with Crippen molar-refractivity contribution >= 4 is 17.7 Å². The van der Waals surface area contributed by atoms with Crippen LogP contribution in [0.1, 0.15) is 31.4 Å². The van der Waals surface area contributed by atoms with Crippen molar-refractivity contribution in [3.05, 3.63) is 71.5 Å². The molecular weight excluding hydrogens is 333 g/mol. The molecule has 1 fully saturated rings. The van der Waals surface area contributed by atoms with E-state index in [2.05, 4.69) is 31.3 Å². The molecule has 1 atom stereocenters. The summed E-state index contributed by atoms with van der Waals surface area (Å²) in [5, 5.41) is 3.09. The zero-order valence-corrected chi connectivity index (χ0v) is 15.5. The second-order valence-corrected chi connectivity index (χ2v) is 8.37. The predicted octanol–water partition coefficient (Wildman–Crippen LogP) is 4.54. The van der Waals surface area contributed by atoms with Crippen LogP contribution in [0.3, 0.4) is 0 Å². The normalized spacial score (nSPS) is 20.9. The molecule has 25 heavy (non-hydrogen) atoms. The Morgan fingerprint density at radius 2 is 1.76 bits per heavy atom. The first-order chi connectivity index (χ1) is 12.0. The molecule has 1 saturated carbocycles. The fourth-order valence-electron chi connectivity index (χ4n) is 3.52. The molecule has 2 aromatic rings. The summed E-state index contributed by atoms with van der Waals surface area (Å²) in [7, 11) is 0. The maximum atomic E-state index is 13.2. The van der Waals surface area contributed by atoms with Crippen LogP contribution in [0.4, 0.5) is 4.39 Å². The molecule has 0 aliphatic heterocycles. The predicted molar refractivity (Wildman–Crippen MR) is 102 cm³/mol. The Bertz CT molecular complexity index is 729. The summed E-state index contributed by atoms with van der Waals surface area (Å²) in [5.41, 5.74) is 1.59. The van der Waals surface area contributed by atoms with Gasteiger partial charge in [0.2, 0.25) is 5.91 Å². The second kappa shape index (κ2) is 7.20. The molecule has 2 aromatic carbocycles. The lowest BCUT2D eigenvalue weighted by atomic mass is 9.87. The lowest BCUT2D eigenvalue weighted by Gasteiger charge is -2.20. The zero-order valence-electron chi connectivity index (χ0n) is 14.7. The fourth-order valence-corrected chi connectivity index (χ4v) is 4.34. The van der Waals surface area contributed by atoms with Gasteiger partial charge in [0.1, 0.15) is 5.82 Å². The van der Waals surface area contributed by atoms with Gasteiger partial charge < -0.3 is 5.32 Å². The summed E-state index contributed by atoms with van der Waals surface area (Å²) >= 11 is 1.81. The molecule has 1 amide bonds. The average Bonchev–Trinajstić information content (AvgIpc) is 3.20. The van der Waals surface area contributed by atoms with Crippen molar-refractivity contribution in [3.8, 4) is 0 Å². The summed E-state index contributed by atoms with van der Waals surface area (Å²) < 4.78 is 13.2. The molecule has 132 valence electrons. The maximum absolute atomic E-state index is 13.2. The summed E-state index contributed by atoms with van der Waals surface area (Å²) in [4.78, 5) is 12.8. The molecule has 3 rings (SSSR count). The van der Waals surface area contributed by atoms with Crippen LogP contribution in [0.2, 0.25) is 0 Å². The zero-order chi connectivity index (χ0) is 17.9. The Hall–Kier alpha value is -1.81. The number of halogens is 1. The number of benzene rings is 2. The standard InChI is InChI=1S/C21H24FNOS/c1-20(2)15-21(20,17-8-10-18(22)11-9-17)19(24)23-12-13-25-14-16-6-4-3-5-7-16/h3-11H,12-15H2,1-2H3,(H,23,24)/t21-/m0/s1. The van der Waals surface area contributed by atoms with E-state index < -0.39 is 5.41 Å². The highest BCUT2D eigenvalue weighted by molar-refractivity contribution is 7.98. The third-order valence-corrected chi connectivity index (χ3v) is 6.14. The van der Waals surface area contributed by atoms with Gasteiger partial charge in [0.15, 0.2) is 0 Å². The number of hydrogen-bond acceptors (Lipinski definition) is 2. The average molecular weight is 357 g/mol. The number of carbonyl (C=O) groups excluding carboxylic acids is 1. The number of hydrogen-bond donors (Lipinski definition) is 1. The van der Waals surface area contributed by atoms with Gasteiger partial charge in [-0.05, 0) is 35.1 Å². The van der Waals surface area contributed by atoms with E-state index in [1.807, 2.05) is 30.0 Å². The van der Waals surface area contributed by atoms with Crippen LogP contribution in [0.25, 0.3) is 0 Å². The lowest BCUT2D eigenvalue weighted by molar-refractivity contribution is -0.124. The van der Waals surface area contributed by atoms with E-state index in [4.69, 9.17) is 0 Å².